The van der Waals surface area contributed by atoms with E-state index in [2.05, 4.69) is 10.3 Å². The zero-order valence-corrected chi connectivity index (χ0v) is 10.4. The molecule has 2 aromatic carbocycles. The quantitative estimate of drug-likeness (QED) is 0.766. The van der Waals surface area contributed by atoms with Gasteiger partial charge in [-0.1, -0.05) is 23.4 Å². The number of benzene rings is 2. The maximum atomic E-state index is 14.0. The van der Waals surface area contributed by atoms with Gasteiger partial charge in [0, 0.05) is 11.6 Å². The van der Waals surface area contributed by atoms with E-state index in [4.69, 9.17) is 5.73 Å². The number of hydrogen-bond donors (Lipinski definition) is 1. The maximum Gasteiger partial charge on any atom is 0.130 e. The number of nitrogens with zero attached hydrogens (tertiary/aromatic N) is 3. The Labute approximate surface area is 109 Å². The molecular weight excluding hydrogens is 243 g/mol. The first-order valence-electron chi connectivity index (χ1n) is 6.03. The predicted molar refractivity (Wildman–Crippen MR) is 71.4 cm³/mol. The van der Waals surface area contributed by atoms with Crippen LogP contribution in [0.5, 0.6) is 0 Å². The van der Waals surface area contributed by atoms with Gasteiger partial charge >= 0.3 is 0 Å². The molecule has 0 radical (unpaired) electrons. The number of rotatable bonds is 2. The Morgan fingerprint density at radius 3 is 2.74 bits per heavy atom. The Morgan fingerprint density at radius 1 is 1.16 bits per heavy atom. The molecular formula is C14H13FN4. The van der Waals surface area contributed by atoms with Crippen LogP contribution in [0.25, 0.3) is 16.7 Å². The molecule has 0 bridgehead atoms. The van der Waals surface area contributed by atoms with Crippen molar-refractivity contribution in [3.05, 3.63) is 53.8 Å². The summed E-state index contributed by atoms with van der Waals surface area (Å²) in [6.45, 7) is 1.75. The highest BCUT2D eigenvalue weighted by Crippen LogP contribution is 2.25. The molecule has 19 heavy (non-hydrogen) atoms. The number of nitrogens with two attached hydrogens (primary N) is 1. The average molecular weight is 256 g/mol. The highest BCUT2D eigenvalue weighted by molar-refractivity contribution is 5.76. The van der Waals surface area contributed by atoms with Gasteiger partial charge in [0.05, 0.1) is 11.2 Å². The molecule has 1 heterocycles. The molecule has 0 fully saturated rings. The normalized spacial score (nSPS) is 12.8. The van der Waals surface area contributed by atoms with E-state index in [0.717, 1.165) is 11.0 Å². The lowest BCUT2D eigenvalue weighted by Crippen LogP contribution is -2.13. The molecule has 1 aromatic heterocycles. The number of fused-ring (bicyclic) bond motifs is 1. The molecule has 0 saturated carbocycles. The molecule has 5 heteroatoms. The monoisotopic (exact) mass is 256 g/mol. The highest BCUT2D eigenvalue weighted by Gasteiger charge is 2.16. The minimum Gasteiger partial charge on any atom is -0.324 e. The number of hydrogen-bond acceptors (Lipinski definition) is 3. The number of aromatic nitrogens is 3. The third kappa shape index (κ3) is 1.88. The minimum atomic E-state index is -0.417. The Kier molecular flexibility index (Phi) is 2.76. The number of halogens is 1. The summed E-state index contributed by atoms with van der Waals surface area (Å²) in [5, 5.41) is 8.17. The smallest absolute Gasteiger partial charge is 0.130 e. The summed E-state index contributed by atoms with van der Waals surface area (Å²) >= 11 is 0. The molecule has 0 aliphatic carbocycles. The van der Waals surface area contributed by atoms with Crippen molar-refractivity contribution in [1.82, 2.24) is 15.0 Å². The first kappa shape index (κ1) is 11.8. The highest BCUT2D eigenvalue weighted by atomic mass is 19.1. The van der Waals surface area contributed by atoms with Crippen molar-refractivity contribution >= 4 is 11.0 Å². The van der Waals surface area contributed by atoms with Crippen molar-refractivity contribution in [3.8, 4) is 5.69 Å². The molecule has 0 amide bonds. The summed E-state index contributed by atoms with van der Waals surface area (Å²) < 4.78 is 15.6. The van der Waals surface area contributed by atoms with Gasteiger partial charge in [-0.25, -0.2) is 9.07 Å². The van der Waals surface area contributed by atoms with Crippen LogP contribution in [-0.2, 0) is 0 Å². The molecule has 1 atom stereocenters. The lowest BCUT2D eigenvalue weighted by atomic mass is 10.1. The zero-order valence-electron chi connectivity index (χ0n) is 10.4. The van der Waals surface area contributed by atoms with Crippen molar-refractivity contribution in [2.75, 3.05) is 0 Å². The third-order valence-electron chi connectivity index (χ3n) is 3.07. The van der Waals surface area contributed by atoms with Crippen LogP contribution in [-0.4, -0.2) is 15.0 Å². The summed E-state index contributed by atoms with van der Waals surface area (Å²) in [4.78, 5) is 0. The molecule has 0 saturated heterocycles. The van der Waals surface area contributed by atoms with Gasteiger partial charge in [0.15, 0.2) is 0 Å². The Morgan fingerprint density at radius 2 is 1.95 bits per heavy atom. The lowest BCUT2D eigenvalue weighted by Gasteiger charge is -2.13. The molecule has 2 N–H and O–H groups in total. The van der Waals surface area contributed by atoms with Gasteiger partial charge in [-0.15, -0.1) is 5.10 Å². The molecule has 4 nitrogen and oxygen atoms in total. The average Bonchev–Trinajstić information content (AvgIpc) is 2.81. The Balaban J connectivity index is 2.30. The molecule has 0 aliphatic heterocycles. The second-order valence-corrected chi connectivity index (χ2v) is 4.45. The van der Waals surface area contributed by atoms with Crippen LogP contribution < -0.4 is 5.73 Å². The predicted octanol–water partition coefficient (Wildman–Crippen LogP) is 2.58. The van der Waals surface area contributed by atoms with Crippen LogP contribution in [0.4, 0.5) is 4.39 Å². The van der Waals surface area contributed by atoms with Crippen molar-refractivity contribution in [2.24, 2.45) is 5.73 Å². The van der Waals surface area contributed by atoms with Crippen LogP contribution in [0.3, 0.4) is 0 Å². The van der Waals surface area contributed by atoms with Crippen LogP contribution >= 0.6 is 0 Å². The second-order valence-electron chi connectivity index (χ2n) is 4.45. The van der Waals surface area contributed by atoms with Crippen LogP contribution in [0.1, 0.15) is 18.5 Å². The molecule has 0 aliphatic rings. The molecule has 0 unspecified atom stereocenters. The van der Waals surface area contributed by atoms with Gasteiger partial charge in [0.2, 0.25) is 0 Å². The van der Waals surface area contributed by atoms with Gasteiger partial charge in [-0.3, -0.25) is 0 Å². The van der Waals surface area contributed by atoms with E-state index in [1.165, 1.54) is 6.07 Å². The second kappa shape index (κ2) is 4.44. The van der Waals surface area contributed by atoms with Crippen molar-refractivity contribution < 1.29 is 4.39 Å². The zero-order chi connectivity index (χ0) is 13.4. The van der Waals surface area contributed by atoms with Gasteiger partial charge in [0.1, 0.15) is 11.3 Å². The van der Waals surface area contributed by atoms with Gasteiger partial charge < -0.3 is 5.73 Å². The van der Waals surface area contributed by atoms with E-state index >= 15 is 0 Å². The fourth-order valence-electron chi connectivity index (χ4n) is 2.21. The van der Waals surface area contributed by atoms with E-state index in [1.54, 1.807) is 23.7 Å². The summed E-state index contributed by atoms with van der Waals surface area (Å²) in [6, 6.07) is 12.0. The van der Waals surface area contributed by atoms with E-state index in [9.17, 15) is 4.39 Å². The SMILES string of the molecule is C[C@@H](N)c1c(F)cccc1-n1nnc2ccccc21. The van der Waals surface area contributed by atoms with E-state index in [1.807, 2.05) is 24.3 Å². The molecule has 0 spiro atoms. The fraction of sp³-hybridized carbons (Fsp3) is 0.143. The molecule has 3 aromatic rings. The van der Waals surface area contributed by atoms with Crippen molar-refractivity contribution in [2.45, 2.75) is 13.0 Å². The van der Waals surface area contributed by atoms with Crippen LogP contribution in [0, 0.1) is 5.82 Å². The standard InChI is InChI=1S/C14H13FN4/c1-9(16)14-10(15)5-4-8-13(14)19-12-7-3-2-6-11(12)17-18-19/h2-9H,16H2,1H3/t9-/m1/s1. The fourth-order valence-corrected chi connectivity index (χ4v) is 2.21. The molecule has 3 rings (SSSR count). The summed E-state index contributed by atoms with van der Waals surface area (Å²) in [6.07, 6.45) is 0. The van der Waals surface area contributed by atoms with Gasteiger partial charge in [0.25, 0.3) is 0 Å². The van der Waals surface area contributed by atoms with Crippen molar-refractivity contribution in [1.29, 1.82) is 0 Å². The summed E-state index contributed by atoms with van der Waals surface area (Å²) in [5.74, 6) is -0.327. The molecule has 96 valence electrons. The van der Waals surface area contributed by atoms with Crippen molar-refractivity contribution in [3.63, 3.8) is 0 Å². The maximum absolute atomic E-state index is 14.0. The third-order valence-corrected chi connectivity index (χ3v) is 3.07. The Bertz CT molecular complexity index is 733. The van der Waals surface area contributed by atoms with Gasteiger partial charge in [-0.05, 0) is 31.2 Å². The first-order valence-corrected chi connectivity index (χ1v) is 6.03. The van der Waals surface area contributed by atoms with Crippen LogP contribution in [0.15, 0.2) is 42.5 Å². The summed E-state index contributed by atoms with van der Waals surface area (Å²) in [5.41, 5.74) is 8.53. The van der Waals surface area contributed by atoms with Gasteiger partial charge in [-0.2, -0.15) is 0 Å². The lowest BCUT2D eigenvalue weighted by molar-refractivity contribution is 0.589. The first-order chi connectivity index (χ1) is 9.18. The summed E-state index contributed by atoms with van der Waals surface area (Å²) in [7, 11) is 0. The van der Waals surface area contributed by atoms with E-state index in [0.29, 0.717) is 11.3 Å². The minimum absolute atomic E-state index is 0.327. The van der Waals surface area contributed by atoms with E-state index < -0.39 is 6.04 Å². The van der Waals surface area contributed by atoms with E-state index in [-0.39, 0.29) is 5.82 Å². The Hall–Kier alpha value is -2.27. The topological polar surface area (TPSA) is 56.7 Å². The largest absolute Gasteiger partial charge is 0.324 e. The van der Waals surface area contributed by atoms with Crippen LogP contribution in [0.2, 0.25) is 0 Å². The number of para-hydroxylation sites is 1.